The number of hydrogen-bond donors (Lipinski definition) is 0. The van der Waals surface area contributed by atoms with Gasteiger partial charge in [0.05, 0.1) is 6.61 Å². The molecule has 0 aromatic carbocycles. The number of likely N-dealkylation sites (tertiary alicyclic amines) is 1. The summed E-state index contributed by atoms with van der Waals surface area (Å²) in [4.78, 5) is 2.39. The van der Waals surface area contributed by atoms with Gasteiger partial charge < -0.3 is 19.1 Å². The maximum atomic E-state index is 5.75. The van der Waals surface area contributed by atoms with E-state index in [1.54, 1.807) is 0 Å². The normalized spacial score (nSPS) is 18.7. The molecule has 1 aliphatic rings. The molecule has 0 spiro atoms. The molecule has 1 saturated heterocycles. The second-order valence-corrected chi connectivity index (χ2v) is 4.95. The van der Waals surface area contributed by atoms with Crippen LogP contribution in [0, 0.1) is 5.92 Å². The molecule has 1 rings (SSSR count). The Morgan fingerprint density at radius 1 is 1.11 bits per heavy atom. The highest BCUT2D eigenvalue weighted by Gasteiger charge is 2.16. The van der Waals surface area contributed by atoms with E-state index in [4.69, 9.17) is 14.2 Å². The lowest BCUT2D eigenvalue weighted by Gasteiger charge is -2.28. The minimum atomic E-state index is -0.0995. The minimum Gasteiger partial charge on any atom is -0.381 e. The zero-order chi connectivity index (χ0) is 13.2. The summed E-state index contributed by atoms with van der Waals surface area (Å²) in [7, 11) is 2.19. The fraction of sp³-hybridized carbons (Fsp3) is 1.00. The van der Waals surface area contributed by atoms with Crippen LogP contribution in [0.1, 0.15) is 33.1 Å². The van der Waals surface area contributed by atoms with Crippen LogP contribution in [0.2, 0.25) is 0 Å². The van der Waals surface area contributed by atoms with Gasteiger partial charge in [0.1, 0.15) is 0 Å². The summed E-state index contributed by atoms with van der Waals surface area (Å²) < 4.78 is 16.7. The van der Waals surface area contributed by atoms with Gasteiger partial charge in [0.25, 0.3) is 0 Å². The van der Waals surface area contributed by atoms with Crippen LogP contribution in [0.25, 0.3) is 0 Å². The van der Waals surface area contributed by atoms with Crippen LogP contribution in [0.4, 0.5) is 0 Å². The molecule has 0 unspecified atom stereocenters. The first kappa shape index (κ1) is 15.9. The summed E-state index contributed by atoms with van der Waals surface area (Å²) in [5.41, 5.74) is 0. The van der Waals surface area contributed by atoms with Crippen molar-refractivity contribution in [2.75, 3.05) is 46.6 Å². The standard InChI is InChI=1S/C14H29NO3/c1-4-17-14(18-5-2)8-11-16-12-13-6-9-15(3)10-7-13/h13-14H,4-12H2,1-3H3. The van der Waals surface area contributed by atoms with Gasteiger partial charge in [-0.1, -0.05) is 0 Å². The molecule has 1 aliphatic heterocycles. The summed E-state index contributed by atoms with van der Waals surface area (Å²) in [6.45, 7) is 9.40. The average molecular weight is 259 g/mol. The van der Waals surface area contributed by atoms with Crippen LogP contribution in [-0.4, -0.2) is 57.8 Å². The highest BCUT2D eigenvalue weighted by molar-refractivity contribution is 4.69. The fourth-order valence-corrected chi connectivity index (χ4v) is 2.24. The SMILES string of the molecule is CCOC(CCOCC1CCN(C)CC1)OCC. The molecule has 0 saturated carbocycles. The van der Waals surface area contributed by atoms with Crippen molar-refractivity contribution in [2.45, 2.75) is 39.4 Å². The van der Waals surface area contributed by atoms with Crippen LogP contribution in [0.3, 0.4) is 0 Å². The lowest BCUT2D eigenvalue weighted by Crippen LogP contribution is -2.32. The van der Waals surface area contributed by atoms with Crippen molar-refractivity contribution in [2.24, 2.45) is 5.92 Å². The quantitative estimate of drug-likeness (QED) is 0.469. The van der Waals surface area contributed by atoms with Crippen molar-refractivity contribution in [3.63, 3.8) is 0 Å². The molecule has 18 heavy (non-hydrogen) atoms. The highest BCUT2D eigenvalue weighted by Crippen LogP contribution is 2.16. The molecule has 0 aromatic heterocycles. The third kappa shape index (κ3) is 6.69. The largest absolute Gasteiger partial charge is 0.381 e. The van der Waals surface area contributed by atoms with Gasteiger partial charge in [-0.25, -0.2) is 0 Å². The number of rotatable bonds is 9. The lowest BCUT2D eigenvalue weighted by atomic mass is 9.98. The van der Waals surface area contributed by atoms with Gasteiger partial charge in [-0.3, -0.25) is 0 Å². The monoisotopic (exact) mass is 259 g/mol. The van der Waals surface area contributed by atoms with Crippen molar-refractivity contribution in [3.8, 4) is 0 Å². The summed E-state index contributed by atoms with van der Waals surface area (Å²) in [6, 6.07) is 0. The highest BCUT2D eigenvalue weighted by atomic mass is 16.7. The first-order chi connectivity index (χ1) is 8.76. The third-order valence-corrected chi connectivity index (χ3v) is 3.39. The molecular formula is C14H29NO3. The van der Waals surface area contributed by atoms with E-state index in [0.29, 0.717) is 13.2 Å². The van der Waals surface area contributed by atoms with E-state index in [9.17, 15) is 0 Å². The van der Waals surface area contributed by atoms with E-state index in [1.165, 1.54) is 25.9 Å². The van der Waals surface area contributed by atoms with E-state index < -0.39 is 0 Å². The van der Waals surface area contributed by atoms with Crippen LogP contribution in [0.5, 0.6) is 0 Å². The van der Waals surface area contributed by atoms with Crippen LogP contribution in [0.15, 0.2) is 0 Å². The maximum Gasteiger partial charge on any atom is 0.159 e. The number of nitrogens with zero attached hydrogens (tertiary/aromatic N) is 1. The van der Waals surface area contributed by atoms with E-state index in [0.717, 1.165) is 25.6 Å². The molecule has 0 radical (unpaired) electrons. The second kappa shape index (κ2) is 9.73. The second-order valence-electron chi connectivity index (χ2n) is 4.95. The summed E-state index contributed by atoms with van der Waals surface area (Å²) in [6.07, 6.45) is 3.25. The van der Waals surface area contributed by atoms with Crippen LogP contribution >= 0.6 is 0 Å². The Hall–Kier alpha value is -0.160. The third-order valence-electron chi connectivity index (χ3n) is 3.39. The predicted molar refractivity (Wildman–Crippen MR) is 72.7 cm³/mol. The Morgan fingerprint density at radius 3 is 2.28 bits per heavy atom. The molecule has 108 valence electrons. The zero-order valence-corrected chi connectivity index (χ0v) is 12.2. The van der Waals surface area contributed by atoms with E-state index in [1.807, 2.05) is 13.8 Å². The van der Waals surface area contributed by atoms with Crippen molar-refractivity contribution in [1.82, 2.24) is 4.90 Å². The molecule has 0 aliphatic carbocycles. The van der Waals surface area contributed by atoms with Gasteiger partial charge in [0.15, 0.2) is 6.29 Å². The van der Waals surface area contributed by atoms with Gasteiger partial charge in [0.2, 0.25) is 0 Å². The Balaban J connectivity index is 2.02. The Morgan fingerprint density at radius 2 is 1.72 bits per heavy atom. The predicted octanol–water partition coefficient (Wildman–Crippen LogP) is 2.13. The van der Waals surface area contributed by atoms with E-state index >= 15 is 0 Å². The number of piperidine rings is 1. The minimum absolute atomic E-state index is 0.0995. The smallest absolute Gasteiger partial charge is 0.159 e. The first-order valence-corrected chi connectivity index (χ1v) is 7.25. The van der Waals surface area contributed by atoms with Crippen molar-refractivity contribution >= 4 is 0 Å². The number of hydrogen-bond acceptors (Lipinski definition) is 4. The number of ether oxygens (including phenoxy) is 3. The molecule has 1 fully saturated rings. The molecule has 4 heteroatoms. The topological polar surface area (TPSA) is 30.9 Å². The van der Waals surface area contributed by atoms with Crippen molar-refractivity contribution in [1.29, 1.82) is 0 Å². The zero-order valence-electron chi connectivity index (χ0n) is 12.2. The average Bonchev–Trinajstić information content (AvgIpc) is 2.37. The molecule has 0 atom stereocenters. The molecule has 0 amide bonds. The first-order valence-electron chi connectivity index (χ1n) is 7.25. The van der Waals surface area contributed by atoms with Gasteiger partial charge in [-0.2, -0.15) is 0 Å². The molecule has 0 N–H and O–H groups in total. The molecular weight excluding hydrogens is 230 g/mol. The maximum absolute atomic E-state index is 5.75. The summed E-state index contributed by atoms with van der Waals surface area (Å²) in [5, 5.41) is 0. The van der Waals surface area contributed by atoms with E-state index in [-0.39, 0.29) is 6.29 Å². The molecule has 0 aromatic rings. The Kier molecular flexibility index (Phi) is 8.59. The van der Waals surface area contributed by atoms with Gasteiger partial charge in [-0.05, 0) is 52.7 Å². The molecule has 0 bridgehead atoms. The summed E-state index contributed by atoms with van der Waals surface area (Å²) in [5.74, 6) is 0.735. The Labute approximate surface area is 112 Å². The van der Waals surface area contributed by atoms with E-state index in [2.05, 4.69) is 11.9 Å². The van der Waals surface area contributed by atoms with Gasteiger partial charge >= 0.3 is 0 Å². The van der Waals surface area contributed by atoms with Gasteiger partial charge in [-0.15, -0.1) is 0 Å². The summed E-state index contributed by atoms with van der Waals surface area (Å²) >= 11 is 0. The molecule has 1 heterocycles. The van der Waals surface area contributed by atoms with Crippen molar-refractivity contribution < 1.29 is 14.2 Å². The van der Waals surface area contributed by atoms with Crippen LogP contribution < -0.4 is 0 Å². The fourth-order valence-electron chi connectivity index (χ4n) is 2.24. The van der Waals surface area contributed by atoms with Crippen LogP contribution in [-0.2, 0) is 14.2 Å². The van der Waals surface area contributed by atoms with Gasteiger partial charge in [0, 0.05) is 26.2 Å². The van der Waals surface area contributed by atoms with Crippen molar-refractivity contribution in [3.05, 3.63) is 0 Å². The lowest BCUT2D eigenvalue weighted by molar-refractivity contribution is -0.147. The molecule has 4 nitrogen and oxygen atoms in total. The Bertz CT molecular complexity index is 187.